The summed E-state index contributed by atoms with van der Waals surface area (Å²) in [6.45, 7) is 3.46. The second-order valence-electron chi connectivity index (χ2n) is 13.2. The van der Waals surface area contributed by atoms with Crippen LogP contribution in [-0.2, 0) is 0 Å². The molecule has 4 aromatic heterocycles. The highest BCUT2D eigenvalue weighted by Gasteiger charge is 2.39. The maximum atomic E-state index is 13.3. The van der Waals surface area contributed by atoms with E-state index in [1.807, 2.05) is 86.9 Å². The Kier molecular flexibility index (Phi) is 10.7. The minimum Gasteiger partial charge on any atom is -1.00 e. The first-order chi connectivity index (χ1) is 23.2. The molecule has 6 aromatic rings. The number of para-hydroxylation sites is 2. The molecule has 6 heterocycles. The average Bonchev–Trinajstić information content (AvgIpc) is 3.75. The first-order valence-corrected chi connectivity index (χ1v) is 16.5. The van der Waals surface area contributed by atoms with Gasteiger partial charge in [-0.2, -0.15) is 0 Å². The number of hydrogen-bond donors (Lipinski definition) is 2. The second kappa shape index (κ2) is 14.6. The topological polar surface area (TPSA) is 110 Å². The highest BCUT2D eigenvalue weighted by Crippen LogP contribution is 2.38. The van der Waals surface area contributed by atoms with Gasteiger partial charge in [0.1, 0.15) is 0 Å². The molecule has 2 aliphatic rings. The van der Waals surface area contributed by atoms with Crippen LogP contribution >= 0.6 is 0 Å². The van der Waals surface area contributed by atoms with Crippen molar-refractivity contribution in [1.29, 1.82) is 0 Å². The van der Waals surface area contributed by atoms with E-state index in [2.05, 4.69) is 9.97 Å². The van der Waals surface area contributed by atoms with Crippen molar-refractivity contribution < 1.29 is 35.0 Å². The van der Waals surface area contributed by atoms with E-state index in [-0.39, 0.29) is 47.4 Å². The van der Waals surface area contributed by atoms with Crippen molar-refractivity contribution in [3.8, 4) is 22.9 Å². The maximum Gasteiger partial charge on any atom is 0.322 e. The molecule has 12 heteroatoms. The molecule has 0 saturated carbocycles. The average molecular weight is 716 g/mol. The summed E-state index contributed by atoms with van der Waals surface area (Å²) < 4.78 is 4.18. The molecule has 260 valence electrons. The zero-order valence-electron chi connectivity index (χ0n) is 28.0. The Balaban J connectivity index is 0.000000187. The Labute approximate surface area is 302 Å². The lowest BCUT2D eigenvalue weighted by Gasteiger charge is -2.29. The van der Waals surface area contributed by atoms with Gasteiger partial charge in [0.25, 0.3) is 0 Å². The Hall–Kier alpha value is -4.74. The zero-order valence-corrected chi connectivity index (χ0v) is 29.6. The van der Waals surface area contributed by atoms with E-state index < -0.39 is 0 Å². The molecule has 0 unspecified atom stereocenters. The van der Waals surface area contributed by atoms with Gasteiger partial charge in [0, 0.05) is 38.1 Å². The summed E-state index contributed by atoms with van der Waals surface area (Å²) in [7, 11) is 4.06. The van der Waals surface area contributed by atoms with Crippen molar-refractivity contribution in [2.45, 2.75) is 25.7 Å². The third-order valence-corrected chi connectivity index (χ3v) is 9.98. The molecule has 0 aliphatic carbocycles. The van der Waals surface area contributed by atoms with Crippen LogP contribution < -0.4 is 44.9 Å². The lowest BCUT2D eigenvalue weighted by molar-refractivity contribution is -0.001000. The fraction of sp³-hybridized carbons (Fsp3) is 0.263. The maximum absolute atomic E-state index is 13.3. The lowest BCUT2D eigenvalue weighted by Crippen LogP contribution is -3.00. The minimum atomic E-state index is -0.186. The summed E-state index contributed by atoms with van der Waals surface area (Å²) in [6, 6.07) is 26.2. The van der Waals surface area contributed by atoms with Crippen molar-refractivity contribution in [3.63, 3.8) is 0 Å². The fourth-order valence-corrected chi connectivity index (χ4v) is 7.50. The highest BCUT2D eigenvalue weighted by atomic mass is 35.5. The Bertz CT molecular complexity index is 2090. The zero-order chi connectivity index (χ0) is 33.5. The number of halogens is 2. The summed E-state index contributed by atoms with van der Waals surface area (Å²) in [6.07, 6.45) is 7.54. The summed E-state index contributed by atoms with van der Waals surface area (Å²) in [5.41, 5.74) is 3.07. The SMILES string of the molecule is C[N+]1(c2c(O)c3cccnc3n(-c3ccccc3)c2=O)CCCC1.C[N+]1(c2c(O)c3cccnc3n(-c3ccccc3)c2=O)CCCC1.[Cl-].[Cl-]. The molecule has 50 heavy (non-hydrogen) atoms. The van der Waals surface area contributed by atoms with Crippen molar-refractivity contribution in [1.82, 2.24) is 28.1 Å². The molecular weight excluding hydrogens is 675 g/mol. The number of rotatable bonds is 4. The molecule has 2 fully saturated rings. The molecule has 0 spiro atoms. The van der Waals surface area contributed by atoms with Crippen LogP contribution in [-0.4, -0.2) is 69.6 Å². The Morgan fingerprint density at radius 3 is 1.22 bits per heavy atom. The molecule has 0 amide bonds. The summed E-state index contributed by atoms with van der Waals surface area (Å²) >= 11 is 0. The van der Waals surface area contributed by atoms with E-state index in [1.165, 1.54) is 0 Å². The number of hydrogen-bond acceptors (Lipinski definition) is 6. The van der Waals surface area contributed by atoms with Crippen LogP contribution in [0.5, 0.6) is 11.5 Å². The van der Waals surface area contributed by atoms with Gasteiger partial charge in [-0.25, -0.2) is 9.97 Å². The molecule has 0 bridgehead atoms. The third kappa shape index (κ3) is 6.24. The number of benzene rings is 2. The third-order valence-electron chi connectivity index (χ3n) is 9.98. The van der Waals surface area contributed by atoms with Crippen LogP contribution in [0, 0.1) is 0 Å². The van der Waals surface area contributed by atoms with Gasteiger partial charge in [0.15, 0.2) is 22.8 Å². The molecule has 10 nitrogen and oxygen atoms in total. The number of pyridine rings is 4. The highest BCUT2D eigenvalue weighted by molar-refractivity contribution is 5.89. The normalized spacial score (nSPS) is 15.9. The monoisotopic (exact) mass is 714 g/mol. The van der Waals surface area contributed by atoms with Crippen molar-refractivity contribution in [2.75, 3.05) is 40.3 Å². The van der Waals surface area contributed by atoms with Crippen LogP contribution in [0.25, 0.3) is 33.4 Å². The van der Waals surface area contributed by atoms with E-state index in [1.54, 1.807) is 33.7 Å². The van der Waals surface area contributed by atoms with Crippen molar-refractivity contribution in [3.05, 3.63) is 118 Å². The largest absolute Gasteiger partial charge is 1.00 e. The van der Waals surface area contributed by atoms with E-state index in [0.717, 1.165) is 63.2 Å². The van der Waals surface area contributed by atoms with Crippen molar-refractivity contribution in [2.24, 2.45) is 0 Å². The molecule has 8 rings (SSSR count). The van der Waals surface area contributed by atoms with E-state index in [9.17, 15) is 19.8 Å². The lowest BCUT2D eigenvalue weighted by atomic mass is 10.2. The van der Waals surface area contributed by atoms with Gasteiger partial charge in [-0.15, -0.1) is 0 Å². The number of aromatic nitrogens is 4. The van der Waals surface area contributed by atoms with Crippen molar-refractivity contribution >= 4 is 33.4 Å². The van der Waals surface area contributed by atoms with Gasteiger partial charge in [-0.1, -0.05) is 36.4 Å². The number of fused-ring (bicyclic) bond motifs is 2. The first-order valence-electron chi connectivity index (χ1n) is 16.5. The fourth-order valence-electron chi connectivity index (χ4n) is 7.50. The number of quaternary nitrogens is 2. The number of nitrogens with zero attached hydrogens (tertiary/aromatic N) is 6. The van der Waals surface area contributed by atoms with Crippen LogP contribution in [0.1, 0.15) is 25.7 Å². The van der Waals surface area contributed by atoms with E-state index in [4.69, 9.17) is 0 Å². The standard InChI is InChI=1S/2C19H19N3O2.2ClH/c2*1-22(12-5-6-13-22)16-17(23)15-10-7-11-20-18(15)21(19(16)24)14-8-3-2-4-9-14;;/h2*2-4,7-11H,5-6,12-13H2,1H3;2*1H. The minimum absolute atomic E-state index is 0. The van der Waals surface area contributed by atoms with E-state index >= 15 is 0 Å². The van der Waals surface area contributed by atoms with Gasteiger partial charge in [0.05, 0.1) is 62.4 Å². The molecule has 2 N–H and O–H groups in total. The second-order valence-corrected chi connectivity index (χ2v) is 13.2. The Morgan fingerprint density at radius 1 is 0.540 bits per heavy atom. The molecule has 2 saturated heterocycles. The van der Waals surface area contributed by atoms with Crippen LogP contribution in [0.4, 0.5) is 11.4 Å². The molecule has 0 atom stereocenters. The van der Waals surface area contributed by atoms with Gasteiger partial charge < -0.3 is 35.0 Å². The van der Waals surface area contributed by atoms with Gasteiger partial charge in [-0.3, -0.25) is 27.7 Å². The first kappa shape index (κ1) is 36.5. The summed E-state index contributed by atoms with van der Waals surface area (Å²) in [5, 5.41) is 22.9. The van der Waals surface area contributed by atoms with Gasteiger partial charge in [0.2, 0.25) is 11.4 Å². The molecular formula is C38H40Cl2N6O4. The van der Waals surface area contributed by atoms with Crippen LogP contribution in [0.2, 0.25) is 0 Å². The summed E-state index contributed by atoms with van der Waals surface area (Å²) in [4.78, 5) is 35.4. The van der Waals surface area contributed by atoms with E-state index in [0.29, 0.717) is 42.4 Å². The molecule has 2 aromatic carbocycles. The molecule has 0 radical (unpaired) electrons. The van der Waals surface area contributed by atoms with Crippen LogP contribution in [0.15, 0.2) is 107 Å². The number of likely N-dealkylation sites (tertiary alicyclic amines) is 2. The summed E-state index contributed by atoms with van der Waals surface area (Å²) in [5.74, 6) is 0.138. The molecule has 2 aliphatic heterocycles. The van der Waals surface area contributed by atoms with Gasteiger partial charge >= 0.3 is 11.1 Å². The Morgan fingerprint density at radius 2 is 0.880 bits per heavy atom. The predicted octanol–water partition coefficient (Wildman–Crippen LogP) is -0.348. The smallest absolute Gasteiger partial charge is 0.322 e. The predicted molar refractivity (Wildman–Crippen MR) is 191 cm³/mol. The van der Waals surface area contributed by atoms with Crippen LogP contribution in [0.3, 0.4) is 0 Å². The number of aromatic hydroxyl groups is 2. The quantitative estimate of drug-likeness (QED) is 0.242. The van der Waals surface area contributed by atoms with Gasteiger partial charge in [-0.05, 0) is 48.5 Å².